The normalized spacial score (nSPS) is 15.4. The molecule has 0 aromatic carbocycles. The fourth-order valence-corrected chi connectivity index (χ4v) is 1.72. The molecule has 0 amide bonds. The molecule has 0 aliphatic carbocycles. The molecule has 5 heteroatoms. The summed E-state index contributed by atoms with van der Waals surface area (Å²) in [5.41, 5.74) is 0. The molecule has 1 aromatic rings. The summed E-state index contributed by atoms with van der Waals surface area (Å²) in [6.45, 7) is 3.67. The number of aliphatic hydroxyl groups is 1. The number of thioether (sulfide) groups is 1. The maximum Gasteiger partial charge on any atom is 0.118 e. The quantitative estimate of drug-likeness (QED) is 0.623. The van der Waals surface area contributed by atoms with Crippen LogP contribution in [0, 0.1) is 0 Å². The van der Waals surface area contributed by atoms with Crippen LogP contribution in [0.2, 0.25) is 5.02 Å². The molecule has 1 aromatic heterocycles. The third-order valence-electron chi connectivity index (χ3n) is 1.61. The zero-order valence-electron chi connectivity index (χ0n) is 7.44. The molecule has 1 N–H and O–H groups in total. The summed E-state index contributed by atoms with van der Waals surface area (Å²) in [7, 11) is 0. The fourth-order valence-electron chi connectivity index (χ4n) is 0.663. The van der Waals surface area contributed by atoms with E-state index in [0.29, 0.717) is 10.0 Å². The van der Waals surface area contributed by atoms with E-state index in [2.05, 4.69) is 9.97 Å². The van der Waals surface area contributed by atoms with Gasteiger partial charge in [-0.15, -0.1) is 0 Å². The SMILES string of the molecule is CC(O)C(C)Sc1ncncc1Cl. The Bertz CT molecular complexity index is 283. The van der Waals surface area contributed by atoms with Crippen molar-refractivity contribution in [1.82, 2.24) is 9.97 Å². The van der Waals surface area contributed by atoms with Gasteiger partial charge in [0.25, 0.3) is 0 Å². The highest BCUT2D eigenvalue weighted by molar-refractivity contribution is 8.00. The van der Waals surface area contributed by atoms with Crippen LogP contribution in [0.15, 0.2) is 17.6 Å². The Hall–Kier alpha value is -0.320. The van der Waals surface area contributed by atoms with Gasteiger partial charge in [-0.1, -0.05) is 30.3 Å². The van der Waals surface area contributed by atoms with Gasteiger partial charge in [0, 0.05) is 5.25 Å². The van der Waals surface area contributed by atoms with Gasteiger partial charge in [0.2, 0.25) is 0 Å². The lowest BCUT2D eigenvalue weighted by molar-refractivity contribution is 0.196. The molecule has 0 spiro atoms. The Morgan fingerprint density at radius 3 is 2.77 bits per heavy atom. The molecule has 0 bridgehead atoms. The van der Waals surface area contributed by atoms with E-state index in [0.717, 1.165) is 0 Å². The van der Waals surface area contributed by atoms with Gasteiger partial charge >= 0.3 is 0 Å². The van der Waals surface area contributed by atoms with Crippen LogP contribution in [0.1, 0.15) is 13.8 Å². The Kier molecular flexibility index (Phi) is 3.96. The minimum Gasteiger partial charge on any atom is -0.392 e. The first-order chi connectivity index (χ1) is 6.11. The molecule has 0 saturated heterocycles. The van der Waals surface area contributed by atoms with E-state index in [-0.39, 0.29) is 11.4 Å². The Balaban J connectivity index is 2.69. The number of hydrogen-bond acceptors (Lipinski definition) is 4. The zero-order valence-corrected chi connectivity index (χ0v) is 9.01. The minimum atomic E-state index is -0.379. The average Bonchev–Trinajstić information content (AvgIpc) is 2.08. The van der Waals surface area contributed by atoms with Gasteiger partial charge < -0.3 is 5.11 Å². The van der Waals surface area contributed by atoms with E-state index in [1.807, 2.05) is 6.92 Å². The van der Waals surface area contributed by atoms with Gasteiger partial charge in [-0.3, -0.25) is 0 Å². The van der Waals surface area contributed by atoms with Crippen LogP contribution >= 0.6 is 23.4 Å². The highest BCUT2D eigenvalue weighted by atomic mass is 35.5. The Morgan fingerprint density at radius 1 is 1.54 bits per heavy atom. The number of rotatable bonds is 3. The molecule has 2 unspecified atom stereocenters. The van der Waals surface area contributed by atoms with Crippen molar-refractivity contribution in [3.8, 4) is 0 Å². The van der Waals surface area contributed by atoms with Gasteiger partial charge in [-0.25, -0.2) is 9.97 Å². The lowest BCUT2D eigenvalue weighted by atomic mass is 10.3. The van der Waals surface area contributed by atoms with Gasteiger partial charge in [0.1, 0.15) is 11.4 Å². The molecule has 0 fully saturated rings. The Morgan fingerprint density at radius 2 is 2.23 bits per heavy atom. The van der Waals surface area contributed by atoms with Crippen LogP contribution in [0.4, 0.5) is 0 Å². The first kappa shape index (κ1) is 10.8. The molecule has 13 heavy (non-hydrogen) atoms. The molecule has 0 aliphatic rings. The summed E-state index contributed by atoms with van der Waals surface area (Å²) >= 11 is 7.29. The van der Waals surface area contributed by atoms with Crippen molar-refractivity contribution in [1.29, 1.82) is 0 Å². The summed E-state index contributed by atoms with van der Waals surface area (Å²) in [5.74, 6) is 0. The third-order valence-corrected chi connectivity index (χ3v) is 3.31. The van der Waals surface area contributed by atoms with E-state index in [1.54, 1.807) is 13.1 Å². The molecular weight excluding hydrogens is 208 g/mol. The summed E-state index contributed by atoms with van der Waals surface area (Å²) in [6, 6.07) is 0. The van der Waals surface area contributed by atoms with Crippen molar-refractivity contribution in [2.45, 2.75) is 30.2 Å². The van der Waals surface area contributed by atoms with E-state index in [9.17, 15) is 5.11 Å². The molecular formula is C8H11ClN2OS. The summed E-state index contributed by atoms with van der Waals surface area (Å²) in [5, 5.41) is 10.6. The molecule has 0 aliphatic heterocycles. The smallest absolute Gasteiger partial charge is 0.118 e. The summed E-state index contributed by atoms with van der Waals surface area (Å²) < 4.78 is 0. The first-order valence-electron chi connectivity index (χ1n) is 3.91. The first-order valence-corrected chi connectivity index (χ1v) is 5.17. The van der Waals surface area contributed by atoms with Crippen LogP contribution in [0.3, 0.4) is 0 Å². The van der Waals surface area contributed by atoms with E-state index in [1.165, 1.54) is 18.1 Å². The van der Waals surface area contributed by atoms with Crippen molar-refractivity contribution >= 4 is 23.4 Å². The van der Waals surface area contributed by atoms with Crippen LogP contribution in [-0.2, 0) is 0 Å². The second-order valence-corrected chi connectivity index (χ2v) is 4.51. The van der Waals surface area contributed by atoms with Crippen molar-refractivity contribution in [3.05, 3.63) is 17.5 Å². The maximum absolute atomic E-state index is 9.27. The highest BCUT2D eigenvalue weighted by Crippen LogP contribution is 2.28. The number of hydrogen-bond donors (Lipinski definition) is 1. The van der Waals surface area contributed by atoms with Crippen LogP contribution in [-0.4, -0.2) is 26.4 Å². The molecule has 0 saturated carbocycles. The topological polar surface area (TPSA) is 46.0 Å². The summed E-state index contributed by atoms with van der Waals surface area (Å²) in [4.78, 5) is 7.79. The zero-order chi connectivity index (χ0) is 9.84. The van der Waals surface area contributed by atoms with Crippen molar-refractivity contribution in [2.24, 2.45) is 0 Å². The highest BCUT2D eigenvalue weighted by Gasteiger charge is 2.13. The number of aliphatic hydroxyl groups excluding tert-OH is 1. The minimum absolute atomic E-state index is 0.0763. The van der Waals surface area contributed by atoms with E-state index < -0.39 is 0 Å². The van der Waals surface area contributed by atoms with Crippen LogP contribution in [0.5, 0.6) is 0 Å². The summed E-state index contributed by atoms with van der Waals surface area (Å²) in [6.07, 6.45) is 2.62. The predicted octanol–water partition coefficient (Wildman–Crippen LogP) is 1.99. The fraction of sp³-hybridized carbons (Fsp3) is 0.500. The largest absolute Gasteiger partial charge is 0.392 e. The van der Waals surface area contributed by atoms with Crippen LogP contribution < -0.4 is 0 Å². The molecule has 3 nitrogen and oxygen atoms in total. The Labute approximate surface area is 86.6 Å². The average molecular weight is 219 g/mol. The van der Waals surface area contributed by atoms with Gasteiger partial charge in [-0.2, -0.15) is 0 Å². The van der Waals surface area contributed by atoms with Crippen molar-refractivity contribution in [3.63, 3.8) is 0 Å². The molecule has 2 atom stereocenters. The van der Waals surface area contributed by atoms with E-state index in [4.69, 9.17) is 11.6 Å². The molecule has 1 heterocycles. The van der Waals surface area contributed by atoms with Crippen molar-refractivity contribution in [2.75, 3.05) is 0 Å². The third kappa shape index (κ3) is 3.14. The second kappa shape index (κ2) is 4.79. The molecule has 0 radical (unpaired) electrons. The van der Waals surface area contributed by atoms with Crippen molar-refractivity contribution < 1.29 is 5.11 Å². The lowest BCUT2D eigenvalue weighted by Crippen LogP contribution is -2.15. The van der Waals surface area contributed by atoms with Crippen LogP contribution in [0.25, 0.3) is 0 Å². The van der Waals surface area contributed by atoms with E-state index >= 15 is 0 Å². The monoisotopic (exact) mass is 218 g/mol. The van der Waals surface area contributed by atoms with Gasteiger partial charge in [-0.05, 0) is 6.92 Å². The predicted molar refractivity (Wildman–Crippen MR) is 54.0 cm³/mol. The lowest BCUT2D eigenvalue weighted by Gasteiger charge is -2.13. The number of aromatic nitrogens is 2. The maximum atomic E-state index is 9.27. The van der Waals surface area contributed by atoms with Gasteiger partial charge in [0.05, 0.1) is 17.3 Å². The second-order valence-electron chi connectivity index (χ2n) is 2.74. The number of nitrogens with zero attached hydrogens (tertiary/aromatic N) is 2. The molecule has 1 rings (SSSR count). The van der Waals surface area contributed by atoms with Gasteiger partial charge in [0.15, 0.2) is 0 Å². The standard InChI is InChI=1S/C8H11ClN2OS/c1-5(12)6(2)13-8-7(9)3-10-4-11-8/h3-6,12H,1-2H3. The molecule has 72 valence electrons. The number of halogens is 1.